The zero-order valence-corrected chi connectivity index (χ0v) is 25.1. The monoisotopic (exact) mass is 602 g/mol. The topological polar surface area (TPSA) is 69.2 Å². The largest absolute Gasteiger partial charge is 0.494 e. The summed E-state index contributed by atoms with van der Waals surface area (Å²) < 4.78 is 52.9. The van der Waals surface area contributed by atoms with Crippen LogP contribution < -0.4 is 10.1 Å². The number of aryl methyl sites for hydroxylation is 1. The van der Waals surface area contributed by atoms with E-state index in [1.165, 1.54) is 13.2 Å². The lowest BCUT2D eigenvalue weighted by Gasteiger charge is -2.28. The van der Waals surface area contributed by atoms with Crippen LogP contribution in [0.1, 0.15) is 53.9 Å². The van der Waals surface area contributed by atoms with E-state index in [2.05, 4.69) is 29.2 Å². The second kappa shape index (κ2) is 11.2. The van der Waals surface area contributed by atoms with E-state index in [-0.39, 0.29) is 35.6 Å². The van der Waals surface area contributed by atoms with E-state index in [4.69, 9.17) is 16.3 Å². The van der Waals surface area contributed by atoms with Crippen LogP contribution in [0.2, 0.25) is 5.02 Å². The van der Waals surface area contributed by atoms with Gasteiger partial charge in [0, 0.05) is 55.1 Å². The number of amides is 1. The molecule has 224 valence electrons. The number of carbonyl (C=O) groups excluding carboxylic acids is 1. The van der Waals surface area contributed by atoms with Crippen molar-refractivity contribution in [1.82, 2.24) is 24.0 Å². The number of alkyl halides is 3. The standard InChI is InChI=1S/C30H34ClF3N6O2/c1-17-7-8-18(2)39(17)15-21-11-22(30(32,33)34)13-25(28(21)42-6)36-29(41)20-9-10-24(31)26(12-20)40-16-27(38(40)5)23-14-35-37(4)19(23)3/h9-14,16-18H,7-8,15H2,1-6H3,(H,36,41). The first-order valence-electron chi connectivity index (χ1n) is 13.7. The Labute approximate surface area is 247 Å². The van der Waals surface area contributed by atoms with E-state index in [0.29, 0.717) is 16.3 Å². The van der Waals surface area contributed by atoms with Crippen LogP contribution in [0.3, 0.4) is 0 Å². The van der Waals surface area contributed by atoms with Gasteiger partial charge in [-0.05, 0) is 63.9 Å². The van der Waals surface area contributed by atoms with Crippen molar-refractivity contribution in [2.24, 2.45) is 14.1 Å². The van der Waals surface area contributed by atoms with Crippen LogP contribution in [-0.2, 0) is 26.8 Å². The van der Waals surface area contributed by atoms with Gasteiger partial charge in [0.15, 0.2) is 0 Å². The molecule has 2 atom stereocenters. The molecule has 2 unspecified atom stereocenters. The van der Waals surface area contributed by atoms with Gasteiger partial charge in [-0.1, -0.05) is 11.6 Å². The van der Waals surface area contributed by atoms with Crippen molar-refractivity contribution in [1.29, 1.82) is 0 Å². The van der Waals surface area contributed by atoms with Gasteiger partial charge in [0.05, 0.1) is 47.2 Å². The van der Waals surface area contributed by atoms with Crippen LogP contribution in [-0.4, -0.2) is 49.1 Å². The molecule has 0 radical (unpaired) electrons. The number of carbonyl (C=O) groups is 1. The van der Waals surface area contributed by atoms with Gasteiger partial charge in [0.25, 0.3) is 5.91 Å². The summed E-state index contributed by atoms with van der Waals surface area (Å²) in [4.78, 5) is 15.6. The Hall–Kier alpha value is -3.70. The third-order valence-corrected chi connectivity index (χ3v) is 8.64. The predicted octanol–water partition coefficient (Wildman–Crippen LogP) is 6.83. The molecule has 0 bridgehead atoms. The van der Waals surface area contributed by atoms with Crippen molar-refractivity contribution >= 4 is 23.2 Å². The Morgan fingerprint density at radius 1 is 1.14 bits per heavy atom. The molecule has 4 aromatic rings. The highest BCUT2D eigenvalue weighted by Gasteiger charge is 2.34. The summed E-state index contributed by atoms with van der Waals surface area (Å²) >= 11 is 6.51. The van der Waals surface area contributed by atoms with Crippen molar-refractivity contribution in [2.45, 2.75) is 58.4 Å². The number of methoxy groups -OCH3 is 1. The van der Waals surface area contributed by atoms with Crippen LogP contribution >= 0.6 is 11.6 Å². The quantitative estimate of drug-likeness (QED) is 0.252. The van der Waals surface area contributed by atoms with Crippen molar-refractivity contribution in [2.75, 3.05) is 12.4 Å². The molecule has 1 fully saturated rings. The van der Waals surface area contributed by atoms with E-state index in [9.17, 15) is 18.0 Å². The Bertz CT molecular complexity index is 1630. The van der Waals surface area contributed by atoms with E-state index in [1.807, 2.05) is 31.9 Å². The fraction of sp³-hybridized carbons (Fsp3) is 0.400. The van der Waals surface area contributed by atoms with Crippen LogP contribution in [0.15, 0.2) is 42.7 Å². The van der Waals surface area contributed by atoms with E-state index >= 15 is 0 Å². The molecule has 3 heterocycles. The smallest absolute Gasteiger partial charge is 0.416 e. The zero-order chi connectivity index (χ0) is 30.5. The summed E-state index contributed by atoms with van der Waals surface area (Å²) in [5.74, 6) is -0.381. The summed E-state index contributed by atoms with van der Waals surface area (Å²) in [6.45, 7) is 6.37. The maximum absolute atomic E-state index is 14.0. The number of anilines is 1. The van der Waals surface area contributed by atoms with Gasteiger partial charge in [-0.2, -0.15) is 18.3 Å². The second-order valence-electron chi connectivity index (χ2n) is 10.9. The lowest BCUT2D eigenvalue weighted by atomic mass is 10.0. The van der Waals surface area contributed by atoms with Crippen LogP contribution in [0.25, 0.3) is 16.9 Å². The molecule has 12 heteroatoms. The van der Waals surface area contributed by atoms with Gasteiger partial charge >= 0.3 is 6.18 Å². The lowest BCUT2D eigenvalue weighted by Crippen LogP contribution is -2.32. The number of likely N-dealkylation sites (tertiary alicyclic amines) is 1. The number of hydrogen-bond acceptors (Lipinski definition) is 4. The van der Waals surface area contributed by atoms with Crippen molar-refractivity contribution < 1.29 is 22.7 Å². The Balaban J connectivity index is 1.47. The minimum absolute atomic E-state index is 0.0429. The summed E-state index contributed by atoms with van der Waals surface area (Å²) in [5, 5.41) is 7.37. The van der Waals surface area contributed by atoms with Crippen molar-refractivity contribution in [3.05, 3.63) is 70.1 Å². The number of aromatic nitrogens is 4. The predicted molar refractivity (Wildman–Crippen MR) is 156 cm³/mol. The molecular formula is C30H34ClF3N6O2. The Morgan fingerprint density at radius 3 is 2.40 bits per heavy atom. The average molecular weight is 603 g/mol. The van der Waals surface area contributed by atoms with E-state index in [1.54, 1.807) is 27.7 Å². The van der Waals surface area contributed by atoms with E-state index in [0.717, 1.165) is 41.9 Å². The fourth-order valence-electron chi connectivity index (χ4n) is 5.66. The third-order valence-electron chi connectivity index (χ3n) is 8.32. The number of nitrogens with one attached hydrogen (secondary N) is 1. The first-order chi connectivity index (χ1) is 19.8. The molecule has 1 N–H and O–H groups in total. The zero-order valence-electron chi connectivity index (χ0n) is 24.4. The number of hydrogen-bond donors (Lipinski definition) is 1. The van der Waals surface area contributed by atoms with Crippen LogP contribution in [0.4, 0.5) is 18.9 Å². The first kappa shape index (κ1) is 29.8. The van der Waals surface area contributed by atoms with Crippen LogP contribution in [0.5, 0.6) is 5.75 Å². The molecule has 42 heavy (non-hydrogen) atoms. The minimum atomic E-state index is -4.60. The summed E-state index contributed by atoms with van der Waals surface area (Å²) in [7, 11) is 5.12. The molecule has 0 saturated carbocycles. The second-order valence-corrected chi connectivity index (χ2v) is 11.3. The Kier molecular flexibility index (Phi) is 7.93. The molecule has 1 amide bonds. The fourth-order valence-corrected chi connectivity index (χ4v) is 5.86. The molecule has 2 aromatic carbocycles. The van der Waals surface area contributed by atoms with Gasteiger partial charge < -0.3 is 10.1 Å². The average Bonchev–Trinajstić information content (AvgIpc) is 3.43. The first-order valence-corrected chi connectivity index (χ1v) is 14.1. The molecule has 0 aliphatic carbocycles. The lowest BCUT2D eigenvalue weighted by molar-refractivity contribution is -0.137. The maximum atomic E-state index is 14.0. The molecular weight excluding hydrogens is 569 g/mol. The SMILES string of the molecule is COc1c(CN2C(C)CCC2C)cc(C(F)(F)F)cc1NC(=O)c1ccc(Cl)c(-n2cc(-c3cnn(C)c3C)n2C)c1. The van der Waals surface area contributed by atoms with Gasteiger partial charge in [-0.15, -0.1) is 0 Å². The highest BCUT2D eigenvalue weighted by molar-refractivity contribution is 6.32. The van der Waals surface area contributed by atoms with Gasteiger partial charge in [-0.3, -0.25) is 23.7 Å². The summed E-state index contributed by atoms with van der Waals surface area (Å²) in [6.07, 6.45) is 0.998. The highest BCUT2D eigenvalue weighted by Crippen LogP contribution is 2.40. The molecule has 8 nitrogen and oxygen atoms in total. The van der Waals surface area contributed by atoms with Gasteiger partial charge in [0.2, 0.25) is 0 Å². The van der Waals surface area contributed by atoms with Crippen molar-refractivity contribution in [3.63, 3.8) is 0 Å². The summed E-state index contributed by atoms with van der Waals surface area (Å²) in [6, 6.07) is 7.20. The maximum Gasteiger partial charge on any atom is 0.416 e. The Morgan fingerprint density at radius 2 is 1.83 bits per heavy atom. The number of nitrogens with zero attached hydrogens (tertiary/aromatic N) is 5. The number of rotatable bonds is 7. The molecule has 2 aromatic heterocycles. The van der Waals surface area contributed by atoms with E-state index < -0.39 is 17.6 Å². The normalized spacial score (nSPS) is 17.7. The highest BCUT2D eigenvalue weighted by atomic mass is 35.5. The third kappa shape index (κ3) is 5.43. The molecule has 1 saturated heterocycles. The molecule has 0 spiro atoms. The van der Waals surface area contributed by atoms with Crippen molar-refractivity contribution in [3.8, 4) is 22.7 Å². The minimum Gasteiger partial charge on any atom is -0.494 e. The molecule has 5 rings (SSSR count). The molecule has 1 aliphatic rings. The number of ether oxygens (including phenoxy) is 1. The summed E-state index contributed by atoms with van der Waals surface area (Å²) in [5.41, 5.74) is 3.13. The van der Waals surface area contributed by atoms with Crippen LogP contribution in [0, 0.1) is 6.92 Å². The number of benzene rings is 2. The van der Waals surface area contributed by atoms with Gasteiger partial charge in [-0.25, -0.2) is 0 Å². The van der Waals surface area contributed by atoms with Gasteiger partial charge in [0.1, 0.15) is 5.75 Å². The number of halogens is 4. The molecule has 1 aliphatic heterocycles.